The smallest absolute Gasteiger partial charge is 0.499 e. The highest BCUT2D eigenvalue weighted by molar-refractivity contribution is 8.13. The molecule has 0 saturated carbocycles. The lowest BCUT2D eigenvalue weighted by Crippen LogP contribution is -2.41. The van der Waals surface area contributed by atoms with Crippen LogP contribution in [0.15, 0.2) is 41.3 Å². The second kappa shape index (κ2) is 12.2. The van der Waals surface area contributed by atoms with Gasteiger partial charge in [0.15, 0.2) is 9.84 Å². The van der Waals surface area contributed by atoms with Crippen LogP contribution in [0.1, 0.15) is 10.8 Å². The summed E-state index contributed by atoms with van der Waals surface area (Å²) in [5.74, 6) is -3.54. The highest BCUT2D eigenvalue weighted by atomic mass is 32.3. The molecule has 0 amide bonds. The monoisotopic (exact) mass is 688 g/mol. The van der Waals surface area contributed by atoms with Crippen LogP contribution in [0, 0.1) is 0 Å². The third-order valence-corrected chi connectivity index (χ3v) is 12.0. The van der Waals surface area contributed by atoms with Gasteiger partial charge in [-0.15, -0.1) is 11.8 Å². The first-order valence-corrected chi connectivity index (χ1v) is 15.8. The first-order valence-electron chi connectivity index (χ1n) is 11.4. The standard InChI is InChI=1S/C21H20F8N4O5S4/c22-19(23,24)9-39-11-2-3-12(14(34)6-11)18(16-7-30-31-40-16)42(36,37)17-8-33(32-41-17)13-4-1-10(5-15(13)35)38-21(28,29)20(25,26)27/h1-6,16-18,30-32,34-35H,7-9H2. The van der Waals surface area contributed by atoms with Gasteiger partial charge in [-0.3, -0.25) is 5.01 Å². The van der Waals surface area contributed by atoms with Crippen molar-refractivity contribution in [2.24, 2.45) is 0 Å². The fourth-order valence-electron chi connectivity index (χ4n) is 3.91. The zero-order valence-corrected chi connectivity index (χ0v) is 23.8. The van der Waals surface area contributed by atoms with Crippen LogP contribution < -0.4 is 24.8 Å². The SMILES string of the molecule is O=S(=O)(C1CN(c2ccc(OC(F)(F)C(F)(F)F)cc2O)NS1)C(c1ccc(SCC(F)(F)F)cc1O)C1CNNS1. The molecule has 5 N–H and O–H groups in total. The molecule has 3 unspecified atom stereocenters. The van der Waals surface area contributed by atoms with Crippen molar-refractivity contribution in [1.29, 1.82) is 0 Å². The first kappa shape index (κ1) is 32.9. The number of nitrogens with one attached hydrogen (secondary N) is 3. The van der Waals surface area contributed by atoms with Gasteiger partial charge in [-0.25, -0.2) is 18.7 Å². The Labute approximate surface area is 245 Å². The van der Waals surface area contributed by atoms with Crippen molar-refractivity contribution in [2.45, 2.75) is 38.4 Å². The molecule has 21 heteroatoms. The van der Waals surface area contributed by atoms with E-state index < -0.39 is 66.4 Å². The third-order valence-electron chi connectivity index (χ3n) is 5.79. The number of phenolic OH excluding ortho intramolecular Hbond substituents is 2. The van der Waals surface area contributed by atoms with E-state index in [0.717, 1.165) is 35.2 Å². The molecule has 2 aromatic carbocycles. The average Bonchev–Trinajstić information content (AvgIpc) is 3.56. The van der Waals surface area contributed by atoms with E-state index in [1.165, 1.54) is 12.1 Å². The van der Waals surface area contributed by atoms with Crippen molar-refractivity contribution < 1.29 is 58.5 Å². The third kappa shape index (κ3) is 7.36. The van der Waals surface area contributed by atoms with Gasteiger partial charge in [0.1, 0.15) is 27.1 Å². The van der Waals surface area contributed by atoms with E-state index in [1.807, 2.05) is 0 Å². The largest absolute Gasteiger partial charge is 0.508 e. The average molecular weight is 689 g/mol. The molecule has 2 fully saturated rings. The Kier molecular flexibility index (Phi) is 9.51. The summed E-state index contributed by atoms with van der Waals surface area (Å²) in [5, 5.41) is 20.0. The molecule has 0 bridgehead atoms. The molecule has 4 rings (SSSR count). The quantitative estimate of drug-likeness (QED) is 0.141. The van der Waals surface area contributed by atoms with Crippen LogP contribution in [0.2, 0.25) is 0 Å². The molecule has 3 atom stereocenters. The second-order valence-electron chi connectivity index (χ2n) is 8.79. The van der Waals surface area contributed by atoms with Crippen molar-refractivity contribution >= 4 is 51.2 Å². The molecule has 2 aromatic rings. The summed E-state index contributed by atoms with van der Waals surface area (Å²) in [7, 11) is -4.23. The van der Waals surface area contributed by atoms with Gasteiger partial charge in [-0.05, 0) is 36.2 Å². The Morgan fingerprint density at radius 1 is 1.02 bits per heavy atom. The van der Waals surface area contributed by atoms with Crippen LogP contribution >= 0.6 is 35.7 Å². The number of ether oxygens (including phenoxy) is 1. The number of aromatic hydroxyl groups is 2. The molecular formula is C21H20F8N4O5S4. The number of hydrogen-bond acceptors (Lipinski definition) is 12. The first-order chi connectivity index (χ1) is 19.4. The lowest BCUT2D eigenvalue weighted by atomic mass is 10.1. The lowest BCUT2D eigenvalue weighted by molar-refractivity contribution is -0.360. The molecule has 0 spiro atoms. The molecule has 42 heavy (non-hydrogen) atoms. The number of alkyl halides is 8. The van der Waals surface area contributed by atoms with Crippen LogP contribution in [0.5, 0.6) is 17.2 Å². The Morgan fingerprint density at radius 2 is 1.74 bits per heavy atom. The normalized spacial score (nSPS) is 21.1. The number of sulfone groups is 1. The van der Waals surface area contributed by atoms with E-state index in [2.05, 4.69) is 19.8 Å². The van der Waals surface area contributed by atoms with Gasteiger partial charge in [-0.2, -0.15) is 40.0 Å². The number of hydrogen-bond donors (Lipinski definition) is 5. The maximum absolute atomic E-state index is 13.9. The molecule has 2 saturated heterocycles. The topological polar surface area (TPSA) is 123 Å². The number of phenols is 2. The van der Waals surface area contributed by atoms with E-state index >= 15 is 0 Å². The Morgan fingerprint density at radius 3 is 2.31 bits per heavy atom. The summed E-state index contributed by atoms with van der Waals surface area (Å²) in [5.41, 5.74) is 2.55. The highest BCUT2D eigenvalue weighted by Gasteiger charge is 2.61. The number of nitrogens with zero attached hydrogens (tertiary/aromatic N) is 1. The number of anilines is 1. The van der Waals surface area contributed by atoms with Gasteiger partial charge in [0.05, 0.1) is 23.2 Å². The van der Waals surface area contributed by atoms with Gasteiger partial charge in [0, 0.05) is 23.1 Å². The van der Waals surface area contributed by atoms with E-state index in [0.29, 0.717) is 29.8 Å². The molecule has 0 aromatic heterocycles. The van der Waals surface area contributed by atoms with Crippen LogP contribution in [0.3, 0.4) is 0 Å². The summed E-state index contributed by atoms with van der Waals surface area (Å²) in [6.07, 6.45) is -16.0. The summed E-state index contributed by atoms with van der Waals surface area (Å²) >= 11 is 2.13. The number of halogens is 8. The Bertz CT molecular complexity index is 1390. The molecule has 2 heterocycles. The summed E-state index contributed by atoms with van der Waals surface area (Å²) in [4.78, 5) is 5.43. The lowest BCUT2D eigenvalue weighted by Gasteiger charge is -2.26. The maximum atomic E-state index is 13.9. The van der Waals surface area contributed by atoms with Gasteiger partial charge in [0.2, 0.25) is 0 Å². The molecule has 234 valence electrons. The molecular weight excluding hydrogens is 669 g/mol. The zero-order valence-electron chi connectivity index (χ0n) is 20.5. The highest BCUT2D eigenvalue weighted by Crippen LogP contribution is 2.45. The number of hydrazine groups is 2. The summed E-state index contributed by atoms with van der Waals surface area (Å²) < 4.78 is 132. The maximum Gasteiger partial charge on any atom is 0.499 e. The minimum Gasteiger partial charge on any atom is -0.508 e. The zero-order chi connectivity index (χ0) is 31.1. The van der Waals surface area contributed by atoms with Crippen LogP contribution in [0.25, 0.3) is 0 Å². The molecule has 2 aliphatic rings. The second-order valence-corrected chi connectivity index (χ2v) is 14.4. The minimum atomic E-state index is -6.01. The number of thioether (sulfide) groups is 1. The Hall–Kier alpha value is -2.04. The van der Waals surface area contributed by atoms with Gasteiger partial charge in [0.25, 0.3) is 0 Å². The van der Waals surface area contributed by atoms with E-state index in [4.69, 9.17) is 0 Å². The fourth-order valence-corrected chi connectivity index (χ4v) is 9.41. The van der Waals surface area contributed by atoms with Crippen molar-refractivity contribution in [3.05, 3.63) is 42.0 Å². The van der Waals surface area contributed by atoms with Crippen LogP contribution in [-0.4, -0.2) is 65.8 Å². The van der Waals surface area contributed by atoms with E-state index in [9.17, 15) is 53.8 Å². The number of benzene rings is 2. The van der Waals surface area contributed by atoms with Crippen molar-refractivity contribution in [3.63, 3.8) is 0 Å². The van der Waals surface area contributed by atoms with Gasteiger partial charge >= 0.3 is 18.5 Å². The van der Waals surface area contributed by atoms with Crippen molar-refractivity contribution in [1.82, 2.24) is 15.1 Å². The minimum absolute atomic E-state index is 0.0525. The predicted molar refractivity (Wildman–Crippen MR) is 141 cm³/mol. The van der Waals surface area contributed by atoms with Crippen LogP contribution in [-0.2, 0) is 9.84 Å². The van der Waals surface area contributed by atoms with Crippen LogP contribution in [0.4, 0.5) is 40.8 Å². The van der Waals surface area contributed by atoms with Gasteiger partial charge < -0.3 is 14.9 Å². The molecule has 2 aliphatic heterocycles. The molecule has 0 aliphatic carbocycles. The van der Waals surface area contributed by atoms with Crippen molar-refractivity contribution in [3.8, 4) is 17.2 Å². The fraction of sp³-hybridized carbons (Fsp3) is 0.429. The summed E-state index contributed by atoms with van der Waals surface area (Å²) in [6, 6.07) is 5.74. The predicted octanol–water partition coefficient (Wildman–Crippen LogP) is 4.87. The molecule has 0 radical (unpaired) electrons. The number of rotatable bonds is 9. The van der Waals surface area contributed by atoms with Crippen molar-refractivity contribution in [2.75, 3.05) is 23.9 Å². The molecule has 9 nitrogen and oxygen atoms in total. The Balaban J connectivity index is 1.55. The van der Waals surface area contributed by atoms with Gasteiger partial charge in [-0.1, -0.05) is 18.0 Å². The van der Waals surface area contributed by atoms with E-state index in [1.54, 1.807) is 0 Å². The summed E-state index contributed by atoms with van der Waals surface area (Å²) in [6.45, 7) is -0.202. The van der Waals surface area contributed by atoms with E-state index in [-0.39, 0.29) is 29.2 Å².